The first-order valence-corrected chi connectivity index (χ1v) is 4.96. The summed E-state index contributed by atoms with van der Waals surface area (Å²) >= 11 is 0. The van der Waals surface area contributed by atoms with Crippen LogP contribution in [0, 0.1) is 10.1 Å². The molecule has 9 nitrogen and oxygen atoms in total. The van der Waals surface area contributed by atoms with Crippen LogP contribution in [0.4, 0.5) is 10.7 Å². The number of Topliss-reactive ketones (excluding diaryl/α,β-unsaturated/α-hetero) is 1. The molecular formula is C9H8N4O5. The van der Waals surface area contributed by atoms with Gasteiger partial charge in [-0.15, -0.1) is 0 Å². The molecule has 2 heterocycles. The Hall–Kier alpha value is -2.71. The fourth-order valence-electron chi connectivity index (χ4n) is 1.32. The van der Waals surface area contributed by atoms with E-state index in [1.165, 1.54) is 6.07 Å². The fraction of sp³-hybridized carbons (Fsp3) is 0.222. The van der Waals surface area contributed by atoms with Crippen molar-refractivity contribution in [3.63, 3.8) is 0 Å². The molecule has 1 fully saturated rings. The van der Waals surface area contributed by atoms with Crippen molar-refractivity contribution in [1.82, 2.24) is 10.3 Å². The molecule has 1 aliphatic heterocycles. The minimum atomic E-state index is -0.748. The molecule has 0 aromatic carbocycles. The van der Waals surface area contributed by atoms with Crippen molar-refractivity contribution in [2.24, 2.45) is 5.10 Å². The topological polar surface area (TPSA) is 118 Å². The van der Waals surface area contributed by atoms with E-state index in [0.29, 0.717) is 13.1 Å². The van der Waals surface area contributed by atoms with E-state index >= 15 is 0 Å². The molecule has 0 radical (unpaired) electrons. The van der Waals surface area contributed by atoms with Gasteiger partial charge in [-0.2, -0.15) is 5.10 Å². The summed E-state index contributed by atoms with van der Waals surface area (Å²) in [6.45, 7) is 0.817. The molecule has 0 bridgehead atoms. The number of carbonyl (C=O) groups is 2. The number of rotatable bonds is 4. The summed E-state index contributed by atoms with van der Waals surface area (Å²) in [5.41, 5.74) is 0. The average molecular weight is 252 g/mol. The second-order valence-corrected chi connectivity index (χ2v) is 3.36. The normalized spacial score (nSPS) is 15.1. The number of hydrazone groups is 1. The van der Waals surface area contributed by atoms with Gasteiger partial charge in [-0.3, -0.25) is 14.9 Å². The second-order valence-electron chi connectivity index (χ2n) is 3.36. The maximum absolute atomic E-state index is 11.5. The third-order valence-electron chi connectivity index (χ3n) is 2.16. The maximum Gasteiger partial charge on any atom is 0.433 e. The van der Waals surface area contributed by atoms with Crippen LogP contribution in [0.15, 0.2) is 21.7 Å². The van der Waals surface area contributed by atoms with Crippen LogP contribution in [-0.2, 0) is 0 Å². The van der Waals surface area contributed by atoms with Crippen LogP contribution in [0.1, 0.15) is 10.6 Å². The summed E-state index contributed by atoms with van der Waals surface area (Å²) in [7, 11) is 0. The van der Waals surface area contributed by atoms with Crippen molar-refractivity contribution in [3.05, 3.63) is 28.0 Å². The minimum Gasteiger partial charge on any atom is -0.397 e. The van der Waals surface area contributed by atoms with Gasteiger partial charge < -0.3 is 9.73 Å². The Labute approximate surface area is 100 Å². The number of carbonyl (C=O) groups excluding carboxylic acids is 2. The lowest BCUT2D eigenvalue weighted by molar-refractivity contribution is -0.402. The monoisotopic (exact) mass is 252 g/mol. The molecule has 18 heavy (non-hydrogen) atoms. The molecule has 94 valence electrons. The lowest BCUT2D eigenvalue weighted by atomic mass is 10.3. The molecule has 1 saturated heterocycles. The van der Waals surface area contributed by atoms with Gasteiger partial charge in [-0.25, -0.2) is 9.80 Å². The van der Waals surface area contributed by atoms with Crippen molar-refractivity contribution in [2.75, 3.05) is 13.1 Å². The molecule has 1 N–H and O–H groups in total. The van der Waals surface area contributed by atoms with Crippen molar-refractivity contribution < 1.29 is 18.9 Å². The van der Waals surface area contributed by atoms with Crippen molar-refractivity contribution in [2.45, 2.75) is 0 Å². The summed E-state index contributed by atoms with van der Waals surface area (Å²) in [5, 5.41) is 17.6. The number of urea groups is 1. The zero-order valence-corrected chi connectivity index (χ0v) is 9.03. The van der Waals surface area contributed by atoms with E-state index in [4.69, 9.17) is 0 Å². The molecular weight excluding hydrogens is 244 g/mol. The highest BCUT2D eigenvalue weighted by Crippen LogP contribution is 2.15. The van der Waals surface area contributed by atoms with Gasteiger partial charge in [0.1, 0.15) is 4.92 Å². The van der Waals surface area contributed by atoms with E-state index in [2.05, 4.69) is 14.8 Å². The standard InChI is InChI=1S/C9H8N4O5/c14-6(5-11-12-4-3-10-9(12)15)7-1-2-8(18-7)13(16)17/h1-2,5H,3-4H2,(H,10,15)/b11-5+. The van der Waals surface area contributed by atoms with E-state index in [9.17, 15) is 19.7 Å². The summed E-state index contributed by atoms with van der Waals surface area (Å²) in [4.78, 5) is 32.2. The van der Waals surface area contributed by atoms with Crippen LogP contribution in [0.3, 0.4) is 0 Å². The highest BCUT2D eigenvalue weighted by atomic mass is 16.6. The number of hydrogen-bond acceptors (Lipinski definition) is 6. The number of nitrogens with zero attached hydrogens (tertiary/aromatic N) is 3. The first-order chi connectivity index (χ1) is 8.58. The Balaban J connectivity index is 2.04. The Morgan fingerprint density at radius 3 is 2.94 bits per heavy atom. The van der Waals surface area contributed by atoms with E-state index in [0.717, 1.165) is 17.3 Å². The first-order valence-electron chi connectivity index (χ1n) is 4.96. The van der Waals surface area contributed by atoms with Crippen LogP contribution in [0.25, 0.3) is 0 Å². The average Bonchev–Trinajstić information content (AvgIpc) is 2.94. The fourth-order valence-corrected chi connectivity index (χ4v) is 1.32. The van der Waals surface area contributed by atoms with Gasteiger partial charge in [0, 0.05) is 6.54 Å². The third kappa shape index (κ3) is 2.34. The predicted octanol–water partition coefficient (Wildman–Crippen LogP) is 0.381. The largest absolute Gasteiger partial charge is 0.433 e. The molecule has 0 saturated carbocycles. The number of nitro groups is 1. The number of furan rings is 1. The maximum atomic E-state index is 11.5. The smallest absolute Gasteiger partial charge is 0.397 e. The van der Waals surface area contributed by atoms with Gasteiger partial charge in [-0.1, -0.05) is 0 Å². The molecule has 9 heteroatoms. The van der Waals surface area contributed by atoms with E-state index in [1.54, 1.807) is 0 Å². The van der Waals surface area contributed by atoms with Crippen LogP contribution in [-0.4, -0.2) is 41.1 Å². The lowest BCUT2D eigenvalue weighted by Crippen LogP contribution is -2.23. The Morgan fingerprint density at radius 2 is 2.39 bits per heavy atom. The van der Waals surface area contributed by atoms with Crippen LogP contribution >= 0.6 is 0 Å². The molecule has 1 aromatic heterocycles. The molecule has 0 atom stereocenters. The molecule has 1 aliphatic rings. The van der Waals surface area contributed by atoms with Gasteiger partial charge in [-0.05, 0) is 6.07 Å². The third-order valence-corrected chi connectivity index (χ3v) is 2.16. The van der Waals surface area contributed by atoms with Crippen molar-refractivity contribution >= 4 is 23.9 Å². The SMILES string of the molecule is O=C(/C=N/N1CCNC1=O)c1ccc([N+](=O)[O-])o1. The minimum absolute atomic E-state index is 0.204. The van der Waals surface area contributed by atoms with Gasteiger partial charge in [0.15, 0.2) is 5.76 Å². The Morgan fingerprint density at radius 1 is 1.61 bits per heavy atom. The molecule has 2 rings (SSSR count). The Kier molecular flexibility index (Phi) is 3.04. The first kappa shape index (κ1) is 11.8. The van der Waals surface area contributed by atoms with Crippen molar-refractivity contribution in [1.29, 1.82) is 0 Å². The van der Waals surface area contributed by atoms with E-state index in [-0.39, 0.29) is 5.76 Å². The summed E-state index contributed by atoms with van der Waals surface area (Å²) in [5.74, 6) is -1.38. The van der Waals surface area contributed by atoms with Crippen LogP contribution in [0.5, 0.6) is 0 Å². The molecule has 0 spiro atoms. The zero-order chi connectivity index (χ0) is 13.1. The molecule has 0 unspecified atom stereocenters. The summed E-state index contributed by atoms with van der Waals surface area (Å²) in [6, 6.07) is 1.85. The van der Waals surface area contributed by atoms with Crippen LogP contribution < -0.4 is 5.32 Å². The van der Waals surface area contributed by atoms with Crippen LogP contribution in [0.2, 0.25) is 0 Å². The van der Waals surface area contributed by atoms with Gasteiger partial charge >= 0.3 is 11.9 Å². The predicted molar refractivity (Wildman–Crippen MR) is 58.3 cm³/mol. The highest BCUT2D eigenvalue weighted by molar-refractivity contribution is 6.34. The number of nitrogens with one attached hydrogen (secondary N) is 1. The lowest BCUT2D eigenvalue weighted by Gasteiger charge is -2.03. The van der Waals surface area contributed by atoms with Crippen molar-refractivity contribution in [3.8, 4) is 0 Å². The number of hydrogen-bond donors (Lipinski definition) is 1. The van der Waals surface area contributed by atoms with E-state index in [1.807, 2.05) is 0 Å². The number of amides is 2. The van der Waals surface area contributed by atoms with Gasteiger partial charge in [0.2, 0.25) is 5.78 Å². The molecule has 1 aromatic rings. The van der Waals surface area contributed by atoms with E-state index < -0.39 is 22.6 Å². The summed E-state index contributed by atoms with van der Waals surface area (Å²) in [6.07, 6.45) is 0.882. The Bertz CT molecular complexity index is 535. The van der Waals surface area contributed by atoms with Gasteiger partial charge in [0.05, 0.1) is 18.8 Å². The van der Waals surface area contributed by atoms with Gasteiger partial charge in [0.25, 0.3) is 0 Å². The molecule has 0 aliphatic carbocycles. The second kappa shape index (κ2) is 4.65. The number of ketones is 1. The molecule has 2 amide bonds. The summed E-state index contributed by atoms with van der Waals surface area (Å²) < 4.78 is 4.69. The quantitative estimate of drug-likeness (QED) is 0.359. The zero-order valence-electron chi connectivity index (χ0n) is 9.03. The highest BCUT2D eigenvalue weighted by Gasteiger charge is 2.20.